The van der Waals surface area contributed by atoms with E-state index in [4.69, 9.17) is 9.47 Å². The van der Waals surface area contributed by atoms with Gasteiger partial charge in [0.15, 0.2) is 5.78 Å². The fourth-order valence-corrected chi connectivity index (χ4v) is 2.69. The zero-order valence-electron chi connectivity index (χ0n) is 13.2. The molecule has 1 heterocycles. The number of carbonyl (C=O) groups is 2. The Kier molecular flexibility index (Phi) is 7.20. The van der Waals surface area contributed by atoms with Crippen LogP contribution in [0.15, 0.2) is 0 Å². The predicted octanol–water partition coefficient (Wildman–Crippen LogP) is 3.13. The molecule has 1 aliphatic heterocycles. The second-order valence-electron chi connectivity index (χ2n) is 5.98. The number of esters is 1. The summed E-state index contributed by atoms with van der Waals surface area (Å²) in [5.41, 5.74) is 0. The van der Waals surface area contributed by atoms with Gasteiger partial charge in [0.05, 0.1) is 19.3 Å². The van der Waals surface area contributed by atoms with Crippen molar-refractivity contribution in [2.24, 2.45) is 11.8 Å². The van der Waals surface area contributed by atoms with Crippen molar-refractivity contribution in [3.63, 3.8) is 0 Å². The van der Waals surface area contributed by atoms with Crippen LogP contribution >= 0.6 is 0 Å². The Bertz CT molecular complexity index is 324. The quantitative estimate of drug-likeness (QED) is 0.409. The summed E-state index contributed by atoms with van der Waals surface area (Å²) in [6, 6.07) is 0. The van der Waals surface area contributed by atoms with Gasteiger partial charge in [-0.25, -0.2) is 0 Å². The lowest BCUT2D eigenvalue weighted by Crippen LogP contribution is -2.47. The van der Waals surface area contributed by atoms with Gasteiger partial charge >= 0.3 is 5.97 Å². The maximum absolute atomic E-state index is 12.2. The minimum atomic E-state index is -0.725. The topological polar surface area (TPSA) is 52.6 Å². The first-order valence-corrected chi connectivity index (χ1v) is 7.77. The molecule has 20 heavy (non-hydrogen) atoms. The Hall–Kier alpha value is -0.900. The molecule has 1 saturated heterocycles. The number of methoxy groups -OCH3 is 1. The van der Waals surface area contributed by atoms with Gasteiger partial charge in [-0.3, -0.25) is 9.59 Å². The Morgan fingerprint density at radius 1 is 1.35 bits per heavy atom. The fraction of sp³-hybridized carbons (Fsp3) is 0.875. The van der Waals surface area contributed by atoms with Crippen LogP contribution in [0.5, 0.6) is 0 Å². The lowest BCUT2D eigenvalue weighted by atomic mass is 9.85. The van der Waals surface area contributed by atoms with Crippen molar-refractivity contribution in [2.45, 2.75) is 71.5 Å². The van der Waals surface area contributed by atoms with Crippen molar-refractivity contribution in [2.75, 3.05) is 7.11 Å². The lowest BCUT2D eigenvalue weighted by molar-refractivity contribution is -0.170. The van der Waals surface area contributed by atoms with E-state index >= 15 is 0 Å². The first-order chi connectivity index (χ1) is 9.51. The van der Waals surface area contributed by atoms with Crippen molar-refractivity contribution in [1.82, 2.24) is 0 Å². The highest BCUT2D eigenvalue weighted by atomic mass is 16.5. The van der Waals surface area contributed by atoms with Gasteiger partial charge in [-0.05, 0) is 12.3 Å². The highest BCUT2D eigenvalue weighted by Gasteiger charge is 2.43. The van der Waals surface area contributed by atoms with E-state index in [1.165, 1.54) is 20.0 Å². The molecule has 0 aromatic rings. The average molecular weight is 284 g/mol. The second-order valence-corrected chi connectivity index (χ2v) is 5.98. The molecule has 0 bridgehead atoms. The Morgan fingerprint density at radius 3 is 2.60 bits per heavy atom. The van der Waals surface area contributed by atoms with Crippen molar-refractivity contribution >= 4 is 11.8 Å². The minimum Gasteiger partial charge on any atom is -0.468 e. The van der Waals surface area contributed by atoms with Crippen LogP contribution in [0.25, 0.3) is 0 Å². The zero-order valence-corrected chi connectivity index (χ0v) is 13.2. The molecule has 0 spiro atoms. The van der Waals surface area contributed by atoms with E-state index in [-0.39, 0.29) is 23.9 Å². The molecule has 3 atom stereocenters. The van der Waals surface area contributed by atoms with Crippen LogP contribution in [-0.4, -0.2) is 31.1 Å². The molecule has 0 radical (unpaired) electrons. The summed E-state index contributed by atoms with van der Waals surface area (Å²) in [5, 5.41) is 0. The Balaban J connectivity index is 2.69. The van der Waals surface area contributed by atoms with Gasteiger partial charge in [0, 0.05) is 6.42 Å². The standard InChI is InChI=1S/C16H28O4/c1-5-6-7-8-9-13-15(16(18)19-4)12(17)10-14(20-13)11(2)3/h11,13-15H,5-10H2,1-4H3/t13-,14-,15+/m0/s1. The molecule has 1 rings (SSSR count). The third-order valence-corrected chi connectivity index (χ3v) is 4.01. The predicted molar refractivity (Wildman–Crippen MR) is 77.4 cm³/mol. The van der Waals surface area contributed by atoms with E-state index in [0.29, 0.717) is 6.42 Å². The maximum Gasteiger partial charge on any atom is 0.318 e. The van der Waals surface area contributed by atoms with Gasteiger partial charge in [0.1, 0.15) is 5.92 Å². The average Bonchev–Trinajstić information content (AvgIpc) is 2.42. The number of unbranched alkanes of at least 4 members (excludes halogenated alkanes) is 3. The summed E-state index contributed by atoms with van der Waals surface area (Å²) in [4.78, 5) is 24.1. The highest BCUT2D eigenvalue weighted by Crippen LogP contribution is 2.30. The van der Waals surface area contributed by atoms with E-state index in [2.05, 4.69) is 6.92 Å². The number of rotatable bonds is 7. The van der Waals surface area contributed by atoms with Crippen molar-refractivity contribution in [3.05, 3.63) is 0 Å². The third kappa shape index (κ3) is 4.58. The lowest BCUT2D eigenvalue weighted by Gasteiger charge is -2.36. The highest BCUT2D eigenvalue weighted by molar-refractivity contribution is 6.00. The molecule has 1 fully saturated rings. The monoisotopic (exact) mass is 284 g/mol. The van der Waals surface area contributed by atoms with E-state index in [0.717, 1.165) is 19.3 Å². The van der Waals surface area contributed by atoms with Crippen LogP contribution in [0, 0.1) is 11.8 Å². The van der Waals surface area contributed by atoms with E-state index < -0.39 is 11.9 Å². The zero-order chi connectivity index (χ0) is 15.1. The number of Topliss-reactive ketones (excluding diaryl/α,β-unsaturated/α-hetero) is 1. The Morgan fingerprint density at radius 2 is 2.05 bits per heavy atom. The van der Waals surface area contributed by atoms with Gasteiger partial charge in [-0.1, -0.05) is 46.5 Å². The summed E-state index contributed by atoms with van der Waals surface area (Å²) in [5.74, 6) is -0.910. The van der Waals surface area contributed by atoms with Crippen LogP contribution < -0.4 is 0 Å². The fourth-order valence-electron chi connectivity index (χ4n) is 2.69. The Labute approximate surface area is 122 Å². The normalized spacial score (nSPS) is 26.9. The van der Waals surface area contributed by atoms with Crippen molar-refractivity contribution < 1.29 is 19.1 Å². The third-order valence-electron chi connectivity index (χ3n) is 4.01. The van der Waals surface area contributed by atoms with Crippen LogP contribution in [-0.2, 0) is 19.1 Å². The number of hydrogen-bond donors (Lipinski definition) is 0. The number of ether oxygens (including phenoxy) is 2. The summed E-state index contributed by atoms with van der Waals surface area (Å²) < 4.78 is 10.8. The summed E-state index contributed by atoms with van der Waals surface area (Å²) in [6.07, 6.45) is 5.15. The molecule has 0 aliphatic carbocycles. The van der Waals surface area contributed by atoms with Gasteiger partial charge in [0.2, 0.25) is 0 Å². The molecule has 0 aromatic heterocycles. The van der Waals surface area contributed by atoms with E-state index in [9.17, 15) is 9.59 Å². The molecule has 4 nitrogen and oxygen atoms in total. The number of hydrogen-bond acceptors (Lipinski definition) is 4. The molecule has 116 valence electrons. The van der Waals surface area contributed by atoms with E-state index in [1.54, 1.807) is 0 Å². The number of carbonyl (C=O) groups excluding carboxylic acids is 2. The van der Waals surface area contributed by atoms with E-state index in [1.807, 2.05) is 13.8 Å². The molecule has 0 unspecified atom stereocenters. The first kappa shape index (κ1) is 17.2. The molecule has 0 aromatic carbocycles. The summed E-state index contributed by atoms with van der Waals surface area (Å²) in [7, 11) is 1.33. The van der Waals surface area contributed by atoms with Crippen LogP contribution in [0.2, 0.25) is 0 Å². The molecular weight excluding hydrogens is 256 g/mol. The largest absolute Gasteiger partial charge is 0.468 e. The molecule has 0 amide bonds. The maximum atomic E-state index is 12.2. The van der Waals surface area contributed by atoms with Gasteiger partial charge in [0.25, 0.3) is 0 Å². The van der Waals surface area contributed by atoms with Gasteiger partial charge < -0.3 is 9.47 Å². The molecule has 4 heteroatoms. The van der Waals surface area contributed by atoms with Crippen LogP contribution in [0.4, 0.5) is 0 Å². The SMILES string of the molecule is CCCCCC[C@@H]1O[C@H](C(C)C)CC(=O)[C@H]1C(=O)OC. The molecule has 0 N–H and O–H groups in total. The second kappa shape index (κ2) is 8.40. The van der Waals surface area contributed by atoms with Gasteiger partial charge in [-0.2, -0.15) is 0 Å². The molecule has 0 saturated carbocycles. The van der Waals surface area contributed by atoms with Crippen molar-refractivity contribution in [1.29, 1.82) is 0 Å². The first-order valence-electron chi connectivity index (χ1n) is 7.77. The smallest absolute Gasteiger partial charge is 0.318 e. The van der Waals surface area contributed by atoms with Crippen LogP contribution in [0.3, 0.4) is 0 Å². The number of ketones is 1. The minimum absolute atomic E-state index is 0.0257. The summed E-state index contributed by atoms with van der Waals surface area (Å²) in [6.45, 7) is 6.25. The van der Waals surface area contributed by atoms with Crippen LogP contribution in [0.1, 0.15) is 59.3 Å². The van der Waals surface area contributed by atoms with Crippen molar-refractivity contribution in [3.8, 4) is 0 Å². The molecular formula is C16H28O4. The molecule has 1 aliphatic rings. The summed E-state index contributed by atoms with van der Waals surface area (Å²) >= 11 is 0. The van der Waals surface area contributed by atoms with Gasteiger partial charge in [-0.15, -0.1) is 0 Å².